The molecule has 0 aliphatic heterocycles. The highest BCUT2D eigenvalue weighted by Gasteiger charge is 2.15. The summed E-state index contributed by atoms with van der Waals surface area (Å²) < 4.78 is 5.59. The highest BCUT2D eigenvalue weighted by molar-refractivity contribution is 7.99. The first-order chi connectivity index (χ1) is 9.65. The number of rotatable bonds is 6. The molecule has 0 saturated heterocycles. The largest absolute Gasteiger partial charge is 0.410 e. The number of aryl methyl sites for hydroxylation is 1. The molecule has 2 heterocycles. The van der Waals surface area contributed by atoms with Crippen molar-refractivity contribution in [3.05, 3.63) is 17.0 Å². The van der Waals surface area contributed by atoms with E-state index in [1.807, 2.05) is 32.2 Å². The van der Waals surface area contributed by atoms with Gasteiger partial charge in [-0.2, -0.15) is 0 Å². The number of thiophene rings is 1. The number of nitrogens with zero attached hydrogens (tertiary/aromatic N) is 3. The predicted molar refractivity (Wildman–Crippen MR) is 81.0 cm³/mol. The number of amides is 1. The van der Waals surface area contributed by atoms with Gasteiger partial charge in [-0.1, -0.05) is 11.8 Å². The highest BCUT2D eigenvalue weighted by atomic mass is 32.2. The van der Waals surface area contributed by atoms with Crippen molar-refractivity contribution in [1.82, 2.24) is 15.1 Å². The van der Waals surface area contributed by atoms with Gasteiger partial charge in [-0.3, -0.25) is 4.79 Å². The number of hydrogen-bond acceptors (Lipinski definition) is 6. The first-order valence-corrected chi connectivity index (χ1v) is 8.30. The van der Waals surface area contributed by atoms with Gasteiger partial charge in [0, 0.05) is 13.1 Å². The van der Waals surface area contributed by atoms with Crippen LogP contribution in [0.4, 0.5) is 0 Å². The van der Waals surface area contributed by atoms with E-state index in [1.54, 1.807) is 16.2 Å². The van der Waals surface area contributed by atoms with E-state index in [0.29, 0.717) is 16.9 Å². The monoisotopic (exact) mass is 311 g/mol. The van der Waals surface area contributed by atoms with Crippen molar-refractivity contribution in [3.8, 4) is 10.8 Å². The number of carbonyl (C=O) groups is 1. The van der Waals surface area contributed by atoms with Crippen LogP contribution >= 0.6 is 23.1 Å². The Kier molecular flexibility index (Phi) is 5.19. The van der Waals surface area contributed by atoms with Crippen molar-refractivity contribution in [3.63, 3.8) is 0 Å². The topological polar surface area (TPSA) is 59.2 Å². The Morgan fingerprint density at radius 3 is 2.75 bits per heavy atom. The number of hydrogen-bond donors (Lipinski definition) is 0. The number of carbonyl (C=O) groups excluding carboxylic acids is 1. The summed E-state index contributed by atoms with van der Waals surface area (Å²) in [6.07, 6.45) is 0. The second kappa shape index (κ2) is 6.90. The Labute approximate surface area is 126 Å². The highest BCUT2D eigenvalue weighted by Crippen LogP contribution is 2.29. The van der Waals surface area contributed by atoms with Gasteiger partial charge in [-0.25, -0.2) is 0 Å². The van der Waals surface area contributed by atoms with Crippen LogP contribution in [0.2, 0.25) is 0 Å². The van der Waals surface area contributed by atoms with Gasteiger partial charge in [0.25, 0.3) is 11.1 Å². The zero-order chi connectivity index (χ0) is 14.5. The first kappa shape index (κ1) is 15.1. The van der Waals surface area contributed by atoms with Gasteiger partial charge in [0.05, 0.1) is 10.6 Å². The van der Waals surface area contributed by atoms with Crippen molar-refractivity contribution in [2.75, 3.05) is 18.8 Å². The Bertz CT molecular complexity index is 576. The van der Waals surface area contributed by atoms with Gasteiger partial charge in [0.2, 0.25) is 5.91 Å². The lowest BCUT2D eigenvalue weighted by molar-refractivity contribution is -0.127. The van der Waals surface area contributed by atoms with Gasteiger partial charge >= 0.3 is 0 Å². The van der Waals surface area contributed by atoms with E-state index in [2.05, 4.69) is 10.2 Å². The molecule has 0 bridgehead atoms. The van der Waals surface area contributed by atoms with E-state index in [4.69, 9.17) is 4.42 Å². The van der Waals surface area contributed by atoms with Crippen LogP contribution in [0, 0.1) is 6.92 Å². The molecule has 0 spiro atoms. The summed E-state index contributed by atoms with van der Waals surface area (Å²) in [5.41, 5.74) is 1.12. The smallest absolute Gasteiger partial charge is 0.277 e. The second-order valence-corrected chi connectivity index (χ2v) is 6.00. The lowest BCUT2D eigenvalue weighted by Gasteiger charge is -2.17. The van der Waals surface area contributed by atoms with Crippen molar-refractivity contribution in [1.29, 1.82) is 0 Å². The molecule has 108 valence electrons. The maximum atomic E-state index is 11.9. The van der Waals surface area contributed by atoms with Crippen LogP contribution < -0.4 is 0 Å². The molecular formula is C13H17N3O2S2. The van der Waals surface area contributed by atoms with Gasteiger partial charge in [-0.15, -0.1) is 21.5 Å². The zero-order valence-electron chi connectivity index (χ0n) is 11.8. The van der Waals surface area contributed by atoms with Crippen molar-refractivity contribution >= 4 is 29.0 Å². The molecule has 0 atom stereocenters. The fourth-order valence-electron chi connectivity index (χ4n) is 1.74. The van der Waals surface area contributed by atoms with Gasteiger partial charge < -0.3 is 9.32 Å². The fraction of sp³-hybridized carbons (Fsp3) is 0.462. The van der Waals surface area contributed by atoms with E-state index >= 15 is 0 Å². The minimum absolute atomic E-state index is 0.0899. The molecule has 0 radical (unpaired) electrons. The summed E-state index contributed by atoms with van der Waals surface area (Å²) >= 11 is 2.86. The average molecular weight is 311 g/mol. The van der Waals surface area contributed by atoms with Crippen LogP contribution in [0.1, 0.15) is 19.4 Å². The summed E-state index contributed by atoms with van der Waals surface area (Å²) in [5.74, 6) is 0.939. The third kappa shape index (κ3) is 3.40. The Hall–Kier alpha value is -1.34. The molecule has 5 nitrogen and oxygen atoms in total. The van der Waals surface area contributed by atoms with Crippen LogP contribution in [-0.2, 0) is 4.79 Å². The summed E-state index contributed by atoms with van der Waals surface area (Å²) in [7, 11) is 0. The van der Waals surface area contributed by atoms with Crippen LogP contribution in [0.15, 0.2) is 21.1 Å². The molecule has 2 aromatic heterocycles. The van der Waals surface area contributed by atoms with Crippen LogP contribution in [0.25, 0.3) is 10.8 Å². The molecule has 0 aliphatic carbocycles. The Morgan fingerprint density at radius 2 is 2.15 bits per heavy atom. The molecule has 1 amide bonds. The molecule has 2 rings (SSSR count). The van der Waals surface area contributed by atoms with Crippen LogP contribution in [0.5, 0.6) is 0 Å². The molecule has 7 heteroatoms. The van der Waals surface area contributed by atoms with Crippen molar-refractivity contribution < 1.29 is 9.21 Å². The minimum atomic E-state index is 0.0899. The Balaban J connectivity index is 1.97. The normalized spacial score (nSPS) is 10.8. The van der Waals surface area contributed by atoms with Crippen molar-refractivity contribution in [2.24, 2.45) is 0 Å². The predicted octanol–water partition coefficient (Wildman–Crippen LogP) is 3.07. The van der Waals surface area contributed by atoms with Gasteiger partial charge in [0.1, 0.15) is 0 Å². The van der Waals surface area contributed by atoms with E-state index in [-0.39, 0.29) is 5.91 Å². The van der Waals surface area contributed by atoms with E-state index < -0.39 is 0 Å². The zero-order valence-corrected chi connectivity index (χ0v) is 13.4. The molecule has 0 fully saturated rings. The number of aromatic nitrogens is 2. The molecule has 20 heavy (non-hydrogen) atoms. The lowest BCUT2D eigenvalue weighted by Crippen LogP contribution is -2.31. The molecule has 0 unspecified atom stereocenters. The second-order valence-electron chi connectivity index (χ2n) is 4.16. The van der Waals surface area contributed by atoms with E-state index in [0.717, 1.165) is 23.5 Å². The summed E-state index contributed by atoms with van der Waals surface area (Å²) in [6.45, 7) is 7.39. The lowest BCUT2D eigenvalue weighted by atomic mass is 10.3. The van der Waals surface area contributed by atoms with Gasteiger partial charge in [-0.05, 0) is 37.8 Å². The molecule has 0 saturated carbocycles. The standard InChI is InChI=1S/C13H17N3O2S2/c1-4-16(5-2)10(17)8-20-13-15-14-12(18-13)11-9(3)6-7-19-11/h6-7H,4-5,8H2,1-3H3. The SMILES string of the molecule is CCN(CC)C(=O)CSc1nnc(-c2sccc2C)o1. The van der Waals surface area contributed by atoms with Crippen LogP contribution in [-0.4, -0.2) is 39.8 Å². The van der Waals surface area contributed by atoms with Crippen LogP contribution in [0.3, 0.4) is 0 Å². The maximum absolute atomic E-state index is 11.9. The Morgan fingerprint density at radius 1 is 1.40 bits per heavy atom. The molecule has 2 aromatic rings. The molecule has 0 N–H and O–H groups in total. The summed E-state index contributed by atoms with van der Waals surface area (Å²) in [5, 5.41) is 10.4. The summed E-state index contributed by atoms with van der Waals surface area (Å²) in [4.78, 5) is 14.7. The summed E-state index contributed by atoms with van der Waals surface area (Å²) in [6, 6.07) is 2.01. The average Bonchev–Trinajstić information content (AvgIpc) is 3.06. The fourth-order valence-corrected chi connectivity index (χ4v) is 3.25. The van der Waals surface area contributed by atoms with Crippen molar-refractivity contribution in [2.45, 2.75) is 26.0 Å². The van der Waals surface area contributed by atoms with E-state index in [9.17, 15) is 4.79 Å². The first-order valence-electron chi connectivity index (χ1n) is 6.44. The maximum Gasteiger partial charge on any atom is 0.277 e. The number of thioether (sulfide) groups is 1. The quantitative estimate of drug-likeness (QED) is 0.767. The minimum Gasteiger partial charge on any atom is -0.410 e. The third-order valence-corrected chi connectivity index (χ3v) is 4.71. The third-order valence-electron chi connectivity index (χ3n) is 2.90. The molecular weight excluding hydrogens is 294 g/mol. The van der Waals surface area contributed by atoms with Gasteiger partial charge in [0.15, 0.2) is 0 Å². The molecule has 0 aromatic carbocycles. The van der Waals surface area contributed by atoms with E-state index in [1.165, 1.54) is 11.8 Å². The molecule has 0 aliphatic rings.